The van der Waals surface area contributed by atoms with Crippen LogP contribution in [0.25, 0.3) is 0 Å². The molecule has 28 heavy (non-hydrogen) atoms. The van der Waals surface area contributed by atoms with E-state index in [1.165, 1.54) is 0 Å². The summed E-state index contributed by atoms with van der Waals surface area (Å²) in [7, 11) is 3.12. The van der Waals surface area contributed by atoms with Crippen molar-refractivity contribution >= 4 is 11.8 Å². The van der Waals surface area contributed by atoms with Crippen molar-refractivity contribution in [3.63, 3.8) is 0 Å². The number of methoxy groups -OCH3 is 2. The van der Waals surface area contributed by atoms with Crippen LogP contribution in [0.5, 0.6) is 11.5 Å². The third kappa shape index (κ3) is 5.14. The molecule has 0 aliphatic carbocycles. The Morgan fingerprint density at radius 2 is 1.96 bits per heavy atom. The fourth-order valence-corrected chi connectivity index (χ4v) is 3.64. The third-order valence-corrected chi connectivity index (χ3v) is 5.21. The first-order valence-corrected chi connectivity index (χ1v) is 9.72. The van der Waals surface area contributed by atoms with E-state index >= 15 is 0 Å². The number of carbonyl (C=O) groups is 2. The van der Waals surface area contributed by atoms with Gasteiger partial charge in [0, 0.05) is 43.7 Å². The second kappa shape index (κ2) is 9.75. The molecule has 2 aliphatic heterocycles. The van der Waals surface area contributed by atoms with Crippen molar-refractivity contribution in [2.45, 2.75) is 31.3 Å². The first-order valence-electron chi connectivity index (χ1n) is 9.72. The first-order chi connectivity index (χ1) is 13.6. The number of carbonyl (C=O) groups excluding carboxylic acids is 2. The Bertz CT molecular complexity index is 682. The number of piperidine rings is 1. The van der Waals surface area contributed by atoms with Gasteiger partial charge in [-0.25, -0.2) is 0 Å². The highest BCUT2D eigenvalue weighted by atomic mass is 16.5. The second-order valence-corrected chi connectivity index (χ2v) is 7.13. The smallest absolute Gasteiger partial charge is 0.253 e. The standard InChI is InChI=1S/C20H29N3O5/c1-26-17-4-3-14(11-18(17)27-2)20(25)23-8-5-15(6-9-23)22-19(24)12-16-13-28-10-7-21-16/h3-4,11,15-16,21H,5-10,12-13H2,1-2H3,(H,22,24). The fourth-order valence-electron chi connectivity index (χ4n) is 3.64. The summed E-state index contributed by atoms with van der Waals surface area (Å²) in [6.07, 6.45) is 1.92. The molecule has 154 valence electrons. The maximum atomic E-state index is 12.8. The summed E-state index contributed by atoms with van der Waals surface area (Å²) in [4.78, 5) is 26.8. The van der Waals surface area contributed by atoms with Crippen molar-refractivity contribution in [1.82, 2.24) is 15.5 Å². The Hall–Kier alpha value is -2.32. The largest absolute Gasteiger partial charge is 0.493 e. The molecule has 1 aromatic rings. The highest BCUT2D eigenvalue weighted by molar-refractivity contribution is 5.95. The van der Waals surface area contributed by atoms with Crippen LogP contribution in [0, 0.1) is 0 Å². The van der Waals surface area contributed by atoms with Gasteiger partial charge in [0.1, 0.15) is 0 Å². The van der Waals surface area contributed by atoms with Gasteiger partial charge in [0.25, 0.3) is 5.91 Å². The number of rotatable bonds is 6. The molecule has 2 heterocycles. The molecule has 0 bridgehead atoms. The van der Waals surface area contributed by atoms with E-state index in [1.54, 1.807) is 32.4 Å². The molecular formula is C20H29N3O5. The lowest BCUT2D eigenvalue weighted by Gasteiger charge is -2.33. The molecule has 2 saturated heterocycles. The van der Waals surface area contributed by atoms with Crippen LogP contribution >= 0.6 is 0 Å². The van der Waals surface area contributed by atoms with E-state index < -0.39 is 0 Å². The van der Waals surface area contributed by atoms with Crippen LogP contribution in [0.4, 0.5) is 0 Å². The molecule has 3 rings (SSSR count). The number of likely N-dealkylation sites (tertiary alicyclic amines) is 1. The number of hydrogen-bond donors (Lipinski definition) is 2. The number of nitrogens with one attached hydrogen (secondary N) is 2. The van der Waals surface area contributed by atoms with Crippen molar-refractivity contribution in [1.29, 1.82) is 0 Å². The zero-order valence-corrected chi connectivity index (χ0v) is 16.5. The quantitative estimate of drug-likeness (QED) is 0.746. The van der Waals surface area contributed by atoms with Crippen LogP contribution in [-0.4, -0.2) is 75.9 Å². The summed E-state index contributed by atoms with van der Waals surface area (Å²) in [5.41, 5.74) is 0.573. The maximum absolute atomic E-state index is 12.8. The summed E-state index contributed by atoms with van der Waals surface area (Å²) in [5, 5.41) is 6.38. The number of ether oxygens (including phenoxy) is 3. The summed E-state index contributed by atoms with van der Waals surface area (Å²) < 4.78 is 15.9. The fraction of sp³-hybridized carbons (Fsp3) is 0.600. The Balaban J connectivity index is 1.48. The first kappa shape index (κ1) is 20.4. The van der Waals surface area contributed by atoms with Gasteiger partial charge in [-0.05, 0) is 31.0 Å². The summed E-state index contributed by atoms with van der Waals surface area (Å²) in [6, 6.07) is 5.37. The molecule has 0 spiro atoms. The van der Waals surface area contributed by atoms with E-state index in [1.807, 2.05) is 4.90 Å². The number of hydrogen-bond acceptors (Lipinski definition) is 6. The number of benzene rings is 1. The average molecular weight is 391 g/mol. The van der Waals surface area contributed by atoms with Crippen LogP contribution in [-0.2, 0) is 9.53 Å². The average Bonchev–Trinajstić information content (AvgIpc) is 2.74. The van der Waals surface area contributed by atoms with Crippen LogP contribution in [0.1, 0.15) is 29.6 Å². The maximum Gasteiger partial charge on any atom is 0.253 e. The van der Waals surface area contributed by atoms with E-state index in [0.29, 0.717) is 49.8 Å². The van der Waals surface area contributed by atoms with Crippen molar-refractivity contribution in [3.8, 4) is 11.5 Å². The molecule has 0 radical (unpaired) electrons. The molecule has 2 amide bonds. The van der Waals surface area contributed by atoms with Gasteiger partial charge >= 0.3 is 0 Å². The molecular weight excluding hydrogens is 362 g/mol. The van der Waals surface area contributed by atoms with E-state index in [2.05, 4.69) is 10.6 Å². The molecule has 1 atom stereocenters. The summed E-state index contributed by atoms with van der Waals surface area (Å²) >= 11 is 0. The Labute approximate surface area is 165 Å². The van der Waals surface area contributed by atoms with Crippen molar-refractivity contribution in [2.24, 2.45) is 0 Å². The lowest BCUT2D eigenvalue weighted by molar-refractivity contribution is -0.123. The Morgan fingerprint density at radius 3 is 2.61 bits per heavy atom. The zero-order chi connectivity index (χ0) is 19.9. The molecule has 0 saturated carbocycles. The molecule has 2 fully saturated rings. The molecule has 8 heteroatoms. The predicted octanol–water partition coefficient (Wildman–Crippen LogP) is 0.803. The van der Waals surface area contributed by atoms with Gasteiger partial charge in [-0.2, -0.15) is 0 Å². The molecule has 2 N–H and O–H groups in total. The third-order valence-electron chi connectivity index (χ3n) is 5.21. The number of nitrogens with zero attached hydrogens (tertiary/aromatic N) is 1. The summed E-state index contributed by atoms with van der Waals surface area (Å²) in [5.74, 6) is 1.14. The molecule has 1 unspecified atom stereocenters. The second-order valence-electron chi connectivity index (χ2n) is 7.13. The lowest BCUT2D eigenvalue weighted by atomic mass is 10.0. The lowest BCUT2D eigenvalue weighted by Crippen LogP contribution is -2.49. The van der Waals surface area contributed by atoms with Crippen molar-refractivity contribution in [3.05, 3.63) is 23.8 Å². The minimum Gasteiger partial charge on any atom is -0.493 e. The normalized spacial score (nSPS) is 20.5. The Morgan fingerprint density at radius 1 is 1.21 bits per heavy atom. The minimum atomic E-state index is -0.0331. The zero-order valence-electron chi connectivity index (χ0n) is 16.5. The van der Waals surface area contributed by atoms with Gasteiger partial charge in [-0.1, -0.05) is 0 Å². The van der Waals surface area contributed by atoms with E-state index in [4.69, 9.17) is 14.2 Å². The predicted molar refractivity (Wildman–Crippen MR) is 104 cm³/mol. The molecule has 1 aromatic carbocycles. The van der Waals surface area contributed by atoms with Crippen molar-refractivity contribution < 1.29 is 23.8 Å². The molecule has 0 aromatic heterocycles. The SMILES string of the molecule is COc1ccc(C(=O)N2CCC(NC(=O)CC3COCCN3)CC2)cc1OC. The topological polar surface area (TPSA) is 89.1 Å². The van der Waals surface area contributed by atoms with E-state index in [-0.39, 0.29) is 23.9 Å². The van der Waals surface area contributed by atoms with Crippen molar-refractivity contribution in [2.75, 3.05) is 47.1 Å². The van der Waals surface area contributed by atoms with Gasteiger partial charge in [0.05, 0.1) is 27.4 Å². The van der Waals surface area contributed by atoms with Crippen LogP contribution in [0.15, 0.2) is 18.2 Å². The summed E-state index contributed by atoms with van der Waals surface area (Å²) in [6.45, 7) is 3.29. The molecule has 8 nitrogen and oxygen atoms in total. The monoisotopic (exact) mass is 391 g/mol. The van der Waals surface area contributed by atoms with Gasteiger partial charge < -0.3 is 29.7 Å². The number of morpholine rings is 1. The van der Waals surface area contributed by atoms with E-state index in [0.717, 1.165) is 19.4 Å². The highest BCUT2D eigenvalue weighted by Crippen LogP contribution is 2.28. The van der Waals surface area contributed by atoms with Gasteiger partial charge in [-0.3, -0.25) is 9.59 Å². The van der Waals surface area contributed by atoms with Gasteiger partial charge in [0.2, 0.25) is 5.91 Å². The molecule has 2 aliphatic rings. The van der Waals surface area contributed by atoms with E-state index in [9.17, 15) is 9.59 Å². The van der Waals surface area contributed by atoms with Crippen LogP contribution in [0.3, 0.4) is 0 Å². The Kier molecular flexibility index (Phi) is 7.11. The minimum absolute atomic E-state index is 0.0331. The van der Waals surface area contributed by atoms with Gasteiger partial charge in [-0.15, -0.1) is 0 Å². The highest BCUT2D eigenvalue weighted by Gasteiger charge is 2.26. The van der Waals surface area contributed by atoms with Gasteiger partial charge in [0.15, 0.2) is 11.5 Å². The van der Waals surface area contributed by atoms with Crippen LogP contribution in [0.2, 0.25) is 0 Å². The number of amides is 2. The van der Waals surface area contributed by atoms with Crippen LogP contribution < -0.4 is 20.1 Å².